The maximum absolute atomic E-state index is 13.8. The maximum atomic E-state index is 13.8. The van der Waals surface area contributed by atoms with Crippen molar-refractivity contribution in [1.29, 1.82) is 0 Å². The molecule has 42 heavy (non-hydrogen) atoms. The lowest BCUT2D eigenvalue weighted by Gasteiger charge is -2.36. The van der Waals surface area contributed by atoms with Gasteiger partial charge in [0.15, 0.2) is 11.5 Å². The number of thiocarbonyl (C=S) groups is 1. The number of carbonyl (C=O) groups excluding carboxylic acids is 1. The van der Waals surface area contributed by atoms with E-state index < -0.39 is 0 Å². The van der Waals surface area contributed by atoms with Gasteiger partial charge in [0, 0.05) is 38.9 Å². The van der Waals surface area contributed by atoms with Crippen molar-refractivity contribution in [2.75, 3.05) is 37.9 Å². The number of nitrogens with zero attached hydrogens (tertiary/aromatic N) is 5. The molecule has 0 saturated carbocycles. The molecule has 1 amide bonds. The third-order valence-electron chi connectivity index (χ3n) is 7.60. The topological polar surface area (TPSA) is 79.6 Å². The Morgan fingerprint density at radius 3 is 2.50 bits per heavy atom. The van der Waals surface area contributed by atoms with Gasteiger partial charge in [-0.15, -0.1) is 0 Å². The molecular formula is C31H27N5O4S2. The monoisotopic (exact) mass is 597 g/mol. The van der Waals surface area contributed by atoms with Crippen molar-refractivity contribution < 1.29 is 14.3 Å². The first-order valence-electron chi connectivity index (χ1n) is 13.7. The number of piperazine rings is 1. The number of carbonyl (C=O) groups is 1. The van der Waals surface area contributed by atoms with E-state index in [2.05, 4.69) is 34.1 Å². The summed E-state index contributed by atoms with van der Waals surface area (Å²) in [6, 6.07) is 21.5. The van der Waals surface area contributed by atoms with Crippen LogP contribution in [0.4, 0.5) is 5.82 Å². The van der Waals surface area contributed by atoms with Crippen molar-refractivity contribution in [3.05, 3.63) is 105 Å². The van der Waals surface area contributed by atoms with Gasteiger partial charge in [-0.1, -0.05) is 66.4 Å². The highest BCUT2D eigenvalue weighted by atomic mass is 32.2. The molecule has 9 nitrogen and oxygen atoms in total. The van der Waals surface area contributed by atoms with E-state index in [0.29, 0.717) is 57.4 Å². The Bertz CT molecular complexity index is 1780. The zero-order chi connectivity index (χ0) is 28.6. The predicted molar refractivity (Wildman–Crippen MR) is 167 cm³/mol. The third kappa shape index (κ3) is 5.15. The molecule has 3 aliphatic rings. The van der Waals surface area contributed by atoms with Crippen LogP contribution in [0.2, 0.25) is 0 Å². The first kappa shape index (κ1) is 26.7. The molecule has 2 fully saturated rings. The van der Waals surface area contributed by atoms with E-state index in [-0.39, 0.29) is 18.3 Å². The lowest BCUT2D eigenvalue weighted by molar-refractivity contribution is -0.122. The van der Waals surface area contributed by atoms with E-state index in [1.54, 1.807) is 23.2 Å². The molecule has 7 rings (SSSR count). The molecule has 3 aliphatic heterocycles. The molecule has 11 heteroatoms. The van der Waals surface area contributed by atoms with Gasteiger partial charge >= 0.3 is 0 Å². The Morgan fingerprint density at radius 2 is 1.67 bits per heavy atom. The van der Waals surface area contributed by atoms with E-state index in [1.165, 1.54) is 21.7 Å². The van der Waals surface area contributed by atoms with Crippen LogP contribution < -0.4 is 19.9 Å². The van der Waals surface area contributed by atoms with Crippen LogP contribution in [0.15, 0.2) is 82.6 Å². The van der Waals surface area contributed by atoms with E-state index in [1.807, 2.05) is 36.4 Å². The van der Waals surface area contributed by atoms with E-state index >= 15 is 0 Å². The number of rotatable bonds is 6. The standard InChI is InChI=1S/C31H27N5O4S2/c37-29-23(17-26-30(38)36(31(41)42-26)19-22-9-10-24-25(16-22)40-20-39-24)28(32-27-8-4-5-11-35(27)29)34-14-12-33(13-15-34)18-21-6-2-1-3-7-21/h1-11,16-17H,12-15,18-20H2. The van der Waals surface area contributed by atoms with Crippen molar-refractivity contribution >= 4 is 51.7 Å². The molecule has 0 spiro atoms. The summed E-state index contributed by atoms with van der Waals surface area (Å²) in [6.07, 6.45) is 3.37. The summed E-state index contributed by atoms with van der Waals surface area (Å²) in [7, 11) is 0. The summed E-state index contributed by atoms with van der Waals surface area (Å²) in [6.45, 7) is 4.46. The lowest BCUT2D eigenvalue weighted by atomic mass is 10.1. The highest BCUT2D eigenvalue weighted by Crippen LogP contribution is 2.37. The second-order valence-corrected chi connectivity index (χ2v) is 12.0. The van der Waals surface area contributed by atoms with E-state index in [0.717, 1.165) is 25.2 Å². The van der Waals surface area contributed by atoms with Gasteiger partial charge in [-0.05, 0) is 41.5 Å². The summed E-state index contributed by atoms with van der Waals surface area (Å²) in [4.78, 5) is 38.8. The van der Waals surface area contributed by atoms with Gasteiger partial charge in [-0.2, -0.15) is 0 Å². The minimum Gasteiger partial charge on any atom is -0.454 e. The summed E-state index contributed by atoms with van der Waals surface area (Å²) in [5, 5.41) is 0. The molecule has 212 valence electrons. The highest BCUT2D eigenvalue weighted by molar-refractivity contribution is 8.26. The third-order valence-corrected chi connectivity index (χ3v) is 8.97. The van der Waals surface area contributed by atoms with E-state index in [9.17, 15) is 9.59 Å². The van der Waals surface area contributed by atoms with Crippen molar-refractivity contribution in [3.63, 3.8) is 0 Å². The molecule has 0 bridgehead atoms. The van der Waals surface area contributed by atoms with Crippen molar-refractivity contribution in [2.24, 2.45) is 0 Å². The summed E-state index contributed by atoms with van der Waals surface area (Å²) < 4.78 is 12.8. The van der Waals surface area contributed by atoms with Crippen LogP contribution in [0.5, 0.6) is 11.5 Å². The molecule has 2 aromatic heterocycles. The van der Waals surface area contributed by atoms with Gasteiger partial charge in [0.05, 0.1) is 17.0 Å². The Kier molecular flexibility index (Phi) is 7.14. The maximum Gasteiger partial charge on any atom is 0.267 e. The molecule has 0 atom stereocenters. The molecule has 0 N–H and O–H groups in total. The molecule has 4 aromatic rings. The zero-order valence-electron chi connectivity index (χ0n) is 22.6. The van der Waals surface area contributed by atoms with Crippen LogP contribution in [-0.4, -0.2) is 62.4 Å². The molecule has 0 radical (unpaired) electrons. The second-order valence-electron chi connectivity index (χ2n) is 10.3. The Balaban J connectivity index is 1.17. The number of fused-ring (bicyclic) bond motifs is 2. The number of benzene rings is 2. The first-order valence-corrected chi connectivity index (χ1v) is 14.9. The minimum atomic E-state index is -0.237. The van der Waals surface area contributed by atoms with Crippen LogP contribution in [0.3, 0.4) is 0 Å². The van der Waals surface area contributed by atoms with Gasteiger partial charge in [-0.3, -0.25) is 23.8 Å². The predicted octanol–water partition coefficient (Wildman–Crippen LogP) is 4.15. The number of pyridine rings is 1. The van der Waals surface area contributed by atoms with Gasteiger partial charge in [-0.25, -0.2) is 4.98 Å². The normalized spacial score (nSPS) is 18.0. The van der Waals surface area contributed by atoms with Crippen molar-refractivity contribution in [3.8, 4) is 11.5 Å². The van der Waals surface area contributed by atoms with Crippen LogP contribution in [0, 0.1) is 0 Å². The van der Waals surface area contributed by atoms with Crippen molar-refractivity contribution in [2.45, 2.75) is 13.1 Å². The second kappa shape index (κ2) is 11.2. The van der Waals surface area contributed by atoms with Crippen LogP contribution in [0.25, 0.3) is 11.7 Å². The molecule has 0 unspecified atom stereocenters. The van der Waals surface area contributed by atoms with E-state index in [4.69, 9.17) is 26.7 Å². The van der Waals surface area contributed by atoms with Crippen LogP contribution in [0.1, 0.15) is 16.7 Å². The Labute approximate surface area is 252 Å². The number of thioether (sulfide) groups is 1. The zero-order valence-corrected chi connectivity index (χ0v) is 24.3. The lowest BCUT2D eigenvalue weighted by Crippen LogP contribution is -2.47. The fourth-order valence-corrected chi connectivity index (χ4v) is 6.64. The number of hydrogen-bond donors (Lipinski definition) is 0. The fourth-order valence-electron chi connectivity index (χ4n) is 5.41. The summed E-state index contributed by atoms with van der Waals surface area (Å²) in [5.74, 6) is 1.68. The fraction of sp³-hybridized carbons (Fsp3) is 0.226. The van der Waals surface area contributed by atoms with Crippen LogP contribution >= 0.6 is 24.0 Å². The van der Waals surface area contributed by atoms with Crippen LogP contribution in [-0.2, 0) is 17.9 Å². The average molecular weight is 598 g/mol. The largest absolute Gasteiger partial charge is 0.454 e. The Morgan fingerprint density at radius 1 is 0.881 bits per heavy atom. The number of aromatic nitrogens is 2. The number of anilines is 1. The molecule has 2 aromatic carbocycles. The molecule has 5 heterocycles. The number of amides is 1. The number of ether oxygens (including phenoxy) is 2. The number of hydrogen-bond acceptors (Lipinski definition) is 9. The first-order chi connectivity index (χ1) is 20.5. The highest BCUT2D eigenvalue weighted by Gasteiger charge is 2.33. The van der Waals surface area contributed by atoms with Gasteiger partial charge in [0.25, 0.3) is 11.5 Å². The molecular weight excluding hydrogens is 571 g/mol. The summed E-state index contributed by atoms with van der Waals surface area (Å²) in [5.41, 5.74) is 2.88. The van der Waals surface area contributed by atoms with Crippen molar-refractivity contribution in [1.82, 2.24) is 19.2 Å². The smallest absolute Gasteiger partial charge is 0.267 e. The molecule has 2 saturated heterocycles. The Hall–Kier alpha value is -4.19. The minimum absolute atomic E-state index is 0.183. The van der Waals surface area contributed by atoms with Gasteiger partial charge < -0.3 is 14.4 Å². The van der Waals surface area contributed by atoms with Gasteiger partial charge in [0.1, 0.15) is 15.8 Å². The summed E-state index contributed by atoms with van der Waals surface area (Å²) >= 11 is 6.80. The quantitative estimate of drug-likeness (QED) is 0.241. The average Bonchev–Trinajstić information content (AvgIpc) is 3.59. The molecule has 0 aliphatic carbocycles. The SMILES string of the molecule is O=C1C(=Cc2c(N3CCN(Cc4ccccc4)CC3)nc3ccccn3c2=O)SC(=S)N1Cc1ccc2c(c1)OCO2. The van der Waals surface area contributed by atoms with Gasteiger partial charge in [0.2, 0.25) is 6.79 Å².